The first-order valence-electron chi connectivity index (χ1n) is 5.79. The molecule has 0 aliphatic rings. The molecule has 0 saturated carbocycles. The summed E-state index contributed by atoms with van der Waals surface area (Å²) in [6, 6.07) is 5.80. The smallest absolute Gasteiger partial charge is 0.389 e. The zero-order valence-corrected chi connectivity index (χ0v) is 11.6. The predicted octanol–water partition coefficient (Wildman–Crippen LogP) is 1.87. The van der Waals surface area contributed by atoms with E-state index in [1.54, 1.807) is 0 Å². The molecule has 0 fully saturated rings. The van der Waals surface area contributed by atoms with Crippen LogP contribution in [-0.2, 0) is 10.0 Å². The maximum Gasteiger partial charge on any atom is 0.389 e. The average molecular weight is 325 g/mol. The van der Waals surface area contributed by atoms with Gasteiger partial charge in [-0.2, -0.15) is 13.2 Å². The number of alkyl halides is 3. The third kappa shape index (κ3) is 5.90. The van der Waals surface area contributed by atoms with Crippen LogP contribution in [0, 0.1) is 0 Å². The van der Waals surface area contributed by atoms with Crippen LogP contribution >= 0.6 is 0 Å². The van der Waals surface area contributed by atoms with Gasteiger partial charge < -0.3 is 10.9 Å². The Kier molecular flexibility index (Phi) is 5.41. The van der Waals surface area contributed by atoms with Crippen LogP contribution in [0.15, 0.2) is 29.4 Å². The molecule has 0 spiro atoms. The Morgan fingerprint density at radius 1 is 1.33 bits per heavy atom. The largest absolute Gasteiger partial charge is 0.409 e. The summed E-state index contributed by atoms with van der Waals surface area (Å²) in [5, 5.41) is 11.4. The minimum atomic E-state index is -4.40. The van der Waals surface area contributed by atoms with Crippen LogP contribution in [0.25, 0.3) is 0 Å². The summed E-state index contributed by atoms with van der Waals surface area (Å²) in [4.78, 5) is 0. The van der Waals surface area contributed by atoms with E-state index in [9.17, 15) is 21.6 Å². The topological polar surface area (TPSA) is 105 Å². The van der Waals surface area contributed by atoms with Gasteiger partial charge in [-0.15, -0.1) is 0 Å². The van der Waals surface area contributed by atoms with Gasteiger partial charge in [-0.25, -0.2) is 8.42 Å². The third-order valence-corrected chi connectivity index (χ3v) is 3.81. The van der Waals surface area contributed by atoms with Crippen molar-refractivity contribution < 1.29 is 26.8 Å². The van der Waals surface area contributed by atoms with Crippen molar-refractivity contribution in [3.05, 3.63) is 29.8 Å². The Morgan fingerprint density at radius 3 is 2.52 bits per heavy atom. The second-order valence-corrected chi connectivity index (χ2v) is 6.01. The number of sulfonamides is 1. The van der Waals surface area contributed by atoms with Gasteiger partial charge in [0.25, 0.3) is 0 Å². The molecule has 21 heavy (non-hydrogen) atoms. The van der Waals surface area contributed by atoms with Crippen molar-refractivity contribution in [3.63, 3.8) is 0 Å². The van der Waals surface area contributed by atoms with Crippen molar-refractivity contribution in [2.45, 2.75) is 19.0 Å². The van der Waals surface area contributed by atoms with Gasteiger partial charge in [0.1, 0.15) is 0 Å². The van der Waals surface area contributed by atoms with Crippen molar-refractivity contribution in [1.29, 1.82) is 0 Å². The highest BCUT2D eigenvalue weighted by Crippen LogP contribution is 2.22. The van der Waals surface area contributed by atoms with Crippen molar-refractivity contribution >= 4 is 21.5 Å². The summed E-state index contributed by atoms with van der Waals surface area (Å²) >= 11 is 0. The van der Waals surface area contributed by atoms with Gasteiger partial charge in [-0.05, 0) is 18.6 Å². The fourth-order valence-electron chi connectivity index (χ4n) is 1.53. The molecule has 1 aromatic rings. The van der Waals surface area contributed by atoms with Crippen LogP contribution in [-0.4, -0.2) is 31.4 Å². The van der Waals surface area contributed by atoms with E-state index in [0.717, 1.165) is 0 Å². The summed E-state index contributed by atoms with van der Waals surface area (Å²) < 4.78 is 61.6. The van der Waals surface area contributed by atoms with Crippen molar-refractivity contribution in [3.8, 4) is 0 Å². The normalized spacial score (nSPS) is 13.2. The number of halogens is 3. The lowest BCUT2D eigenvalue weighted by molar-refractivity contribution is -0.134. The Bertz CT molecular complexity index is 615. The molecule has 0 bridgehead atoms. The molecule has 0 aromatic heterocycles. The molecule has 6 nitrogen and oxygen atoms in total. The maximum absolute atomic E-state index is 12.0. The monoisotopic (exact) mass is 325 g/mol. The predicted molar refractivity (Wildman–Crippen MR) is 71.7 cm³/mol. The highest BCUT2D eigenvalue weighted by molar-refractivity contribution is 7.92. The molecule has 0 unspecified atom stereocenters. The van der Waals surface area contributed by atoms with E-state index >= 15 is 0 Å². The second kappa shape index (κ2) is 6.66. The third-order valence-electron chi connectivity index (χ3n) is 2.45. The van der Waals surface area contributed by atoms with Crippen molar-refractivity contribution in [2.24, 2.45) is 10.9 Å². The molecule has 118 valence electrons. The van der Waals surface area contributed by atoms with Gasteiger partial charge in [-0.3, -0.25) is 4.72 Å². The number of nitrogens with one attached hydrogen (secondary N) is 1. The van der Waals surface area contributed by atoms with Gasteiger partial charge in [-0.1, -0.05) is 17.3 Å². The lowest BCUT2D eigenvalue weighted by Gasteiger charge is -2.12. The second-order valence-electron chi connectivity index (χ2n) is 4.17. The molecule has 0 radical (unpaired) electrons. The molecule has 0 heterocycles. The quantitative estimate of drug-likeness (QED) is 0.321. The molecular formula is C11H14F3N3O3S. The van der Waals surface area contributed by atoms with E-state index in [1.165, 1.54) is 24.3 Å². The average Bonchev–Trinajstić information content (AvgIpc) is 2.36. The van der Waals surface area contributed by atoms with E-state index in [2.05, 4.69) is 9.88 Å². The van der Waals surface area contributed by atoms with E-state index in [4.69, 9.17) is 10.9 Å². The maximum atomic E-state index is 12.0. The summed E-state index contributed by atoms with van der Waals surface area (Å²) in [5.41, 5.74) is 5.54. The summed E-state index contributed by atoms with van der Waals surface area (Å²) in [5.74, 6) is -1.000. The SMILES string of the molecule is N/C(=N/O)c1ccccc1NS(=O)(=O)CCCC(F)(F)F. The van der Waals surface area contributed by atoms with E-state index in [0.29, 0.717) is 0 Å². The van der Waals surface area contributed by atoms with Crippen LogP contribution < -0.4 is 10.5 Å². The number of hydrogen-bond donors (Lipinski definition) is 3. The fourth-order valence-corrected chi connectivity index (χ4v) is 2.67. The Morgan fingerprint density at radius 2 is 1.95 bits per heavy atom. The molecule has 1 aromatic carbocycles. The molecule has 4 N–H and O–H groups in total. The first-order chi connectivity index (χ1) is 9.64. The molecule has 0 amide bonds. The Hall–Kier alpha value is -1.97. The summed E-state index contributed by atoms with van der Waals surface area (Å²) in [7, 11) is -3.96. The zero-order chi connectivity index (χ0) is 16.1. The number of amidine groups is 1. The van der Waals surface area contributed by atoms with Crippen LogP contribution in [0.1, 0.15) is 18.4 Å². The number of benzene rings is 1. The number of anilines is 1. The van der Waals surface area contributed by atoms with Gasteiger partial charge in [0.15, 0.2) is 5.84 Å². The highest BCUT2D eigenvalue weighted by Gasteiger charge is 2.27. The van der Waals surface area contributed by atoms with E-state index < -0.39 is 34.8 Å². The molecule has 0 aliphatic carbocycles. The van der Waals surface area contributed by atoms with Crippen molar-refractivity contribution in [1.82, 2.24) is 0 Å². The molecule has 1 rings (SSSR count). The Labute approximate surface area is 119 Å². The van der Waals surface area contributed by atoms with Gasteiger partial charge in [0.2, 0.25) is 10.0 Å². The molecule has 10 heteroatoms. The van der Waals surface area contributed by atoms with E-state index in [-0.39, 0.29) is 17.1 Å². The van der Waals surface area contributed by atoms with Crippen LogP contribution in [0.3, 0.4) is 0 Å². The van der Waals surface area contributed by atoms with Gasteiger partial charge in [0, 0.05) is 12.0 Å². The minimum Gasteiger partial charge on any atom is -0.409 e. The summed E-state index contributed by atoms with van der Waals surface area (Å²) in [6.07, 6.45) is -6.14. The number of oxime groups is 1. The lowest BCUT2D eigenvalue weighted by Crippen LogP contribution is -2.22. The first kappa shape index (κ1) is 17.1. The highest BCUT2D eigenvalue weighted by atomic mass is 32.2. The Balaban J connectivity index is 2.81. The van der Waals surface area contributed by atoms with Crippen LogP contribution in [0.2, 0.25) is 0 Å². The minimum absolute atomic E-state index is 0.0276. The van der Waals surface area contributed by atoms with Crippen LogP contribution in [0.4, 0.5) is 18.9 Å². The van der Waals surface area contributed by atoms with Crippen molar-refractivity contribution in [2.75, 3.05) is 10.5 Å². The van der Waals surface area contributed by atoms with E-state index in [1.807, 2.05) is 0 Å². The zero-order valence-electron chi connectivity index (χ0n) is 10.8. The van der Waals surface area contributed by atoms with Gasteiger partial charge >= 0.3 is 6.18 Å². The number of nitrogens with two attached hydrogens (primary N) is 1. The molecule has 0 atom stereocenters. The molecular weight excluding hydrogens is 311 g/mol. The molecule has 0 aliphatic heterocycles. The number of para-hydroxylation sites is 1. The number of hydrogen-bond acceptors (Lipinski definition) is 4. The number of rotatable bonds is 6. The van der Waals surface area contributed by atoms with Crippen LogP contribution in [0.5, 0.6) is 0 Å². The molecule has 0 saturated heterocycles. The fraction of sp³-hybridized carbons (Fsp3) is 0.364. The standard InChI is InChI=1S/C11H14F3N3O3S/c12-11(13,14)6-3-7-21(19,20)17-9-5-2-1-4-8(9)10(15)16-18/h1-2,4-5,17-18H,3,6-7H2,(H2,15,16). The van der Waals surface area contributed by atoms with Gasteiger partial charge in [0.05, 0.1) is 11.4 Å². The number of nitrogens with zero attached hydrogens (tertiary/aromatic N) is 1. The lowest BCUT2D eigenvalue weighted by atomic mass is 10.2. The first-order valence-corrected chi connectivity index (χ1v) is 7.44. The summed E-state index contributed by atoms with van der Waals surface area (Å²) in [6.45, 7) is 0.